The van der Waals surface area contributed by atoms with E-state index in [9.17, 15) is 9.59 Å². The predicted octanol–water partition coefficient (Wildman–Crippen LogP) is 2.25. The summed E-state index contributed by atoms with van der Waals surface area (Å²) in [4.78, 5) is 24.9. The lowest BCUT2D eigenvalue weighted by Crippen LogP contribution is -2.36. The number of amides is 1. The Morgan fingerprint density at radius 1 is 1.43 bits per heavy atom. The Bertz CT molecular complexity index is 575. The Hall–Kier alpha value is -1.95. The van der Waals surface area contributed by atoms with Crippen LogP contribution in [0.15, 0.2) is 12.1 Å². The van der Waals surface area contributed by atoms with Crippen LogP contribution in [0.25, 0.3) is 0 Å². The third-order valence-corrected chi connectivity index (χ3v) is 3.54. The van der Waals surface area contributed by atoms with Gasteiger partial charge in [-0.25, -0.2) is 0 Å². The van der Waals surface area contributed by atoms with Gasteiger partial charge in [0.25, 0.3) is 5.91 Å². The molecule has 2 rings (SSSR count). The molecule has 0 radical (unpaired) electrons. The third kappa shape index (κ3) is 3.21. The van der Waals surface area contributed by atoms with Crippen LogP contribution in [0.1, 0.15) is 24.2 Å². The second-order valence-corrected chi connectivity index (χ2v) is 5.18. The van der Waals surface area contributed by atoms with E-state index in [1.165, 1.54) is 11.0 Å². The molecule has 0 aliphatic carbocycles. The van der Waals surface area contributed by atoms with Crippen molar-refractivity contribution < 1.29 is 24.2 Å². The van der Waals surface area contributed by atoms with Crippen molar-refractivity contribution in [2.45, 2.75) is 13.8 Å². The summed E-state index contributed by atoms with van der Waals surface area (Å²) >= 11 is 6.05. The molecule has 114 valence electrons. The van der Waals surface area contributed by atoms with Crippen molar-refractivity contribution in [3.05, 3.63) is 22.7 Å². The molecule has 1 aromatic rings. The molecule has 1 N–H and O–H groups in total. The highest BCUT2D eigenvalue weighted by atomic mass is 35.5. The molecule has 0 saturated carbocycles. The van der Waals surface area contributed by atoms with E-state index in [1.807, 2.05) is 0 Å². The molecule has 1 aliphatic rings. The van der Waals surface area contributed by atoms with E-state index >= 15 is 0 Å². The van der Waals surface area contributed by atoms with Gasteiger partial charge in [-0.05, 0) is 19.1 Å². The normalized spacial score (nSPS) is 13.9. The molecule has 0 bridgehead atoms. The van der Waals surface area contributed by atoms with E-state index in [1.54, 1.807) is 19.9 Å². The van der Waals surface area contributed by atoms with Gasteiger partial charge in [0, 0.05) is 18.7 Å². The largest absolute Gasteiger partial charge is 0.481 e. The number of carbonyl (C=O) groups excluding carboxylic acids is 1. The maximum atomic E-state index is 12.5. The number of fused-ring (bicyclic) bond motifs is 1. The second kappa shape index (κ2) is 6.22. The van der Waals surface area contributed by atoms with E-state index in [0.717, 1.165) is 0 Å². The minimum absolute atomic E-state index is 0.0697. The monoisotopic (exact) mass is 313 g/mol. The molecule has 1 unspecified atom stereocenters. The standard InChI is InChI=1S/C14H16ClNO5/c1-3-16(6-8(2)14(18)19)13(17)9-4-10(15)12-11(5-9)20-7-21-12/h4-5,8H,3,6-7H2,1-2H3,(H,18,19). The summed E-state index contributed by atoms with van der Waals surface area (Å²) in [6.07, 6.45) is 0. The molecule has 1 aromatic carbocycles. The van der Waals surface area contributed by atoms with Crippen molar-refractivity contribution >= 4 is 23.5 Å². The topological polar surface area (TPSA) is 76.1 Å². The van der Waals surface area contributed by atoms with Crippen LogP contribution in [0.4, 0.5) is 0 Å². The molecule has 0 fully saturated rings. The van der Waals surface area contributed by atoms with Gasteiger partial charge in [-0.2, -0.15) is 0 Å². The zero-order valence-electron chi connectivity index (χ0n) is 11.8. The van der Waals surface area contributed by atoms with E-state index in [4.69, 9.17) is 26.2 Å². The first kappa shape index (κ1) is 15.4. The molecule has 7 heteroatoms. The SMILES string of the molecule is CCN(CC(C)C(=O)O)C(=O)c1cc(Cl)c2c(c1)OCO2. The summed E-state index contributed by atoms with van der Waals surface area (Å²) in [5.41, 5.74) is 0.351. The summed E-state index contributed by atoms with van der Waals surface area (Å²) in [5.74, 6) is -1.02. The Morgan fingerprint density at radius 2 is 2.14 bits per heavy atom. The number of hydrogen-bond donors (Lipinski definition) is 1. The Morgan fingerprint density at radius 3 is 2.76 bits per heavy atom. The average Bonchev–Trinajstić information content (AvgIpc) is 2.92. The molecule has 0 spiro atoms. The lowest BCUT2D eigenvalue weighted by molar-refractivity contribution is -0.141. The van der Waals surface area contributed by atoms with Crippen molar-refractivity contribution in [2.75, 3.05) is 19.9 Å². The van der Waals surface area contributed by atoms with Crippen LogP contribution < -0.4 is 9.47 Å². The van der Waals surface area contributed by atoms with Gasteiger partial charge in [0.05, 0.1) is 10.9 Å². The van der Waals surface area contributed by atoms with Gasteiger partial charge in [-0.3, -0.25) is 9.59 Å². The molecule has 21 heavy (non-hydrogen) atoms. The summed E-state index contributed by atoms with van der Waals surface area (Å²) < 4.78 is 10.4. The van der Waals surface area contributed by atoms with Gasteiger partial charge in [-0.15, -0.1) is 0 Å². The molecule has 6 nitrogen and oxygen atoms in total. The summed E-state index contributed by atoms with van der Waals surface area (Å²) in [6, 6.07) is 3.07. The number of benzene rings is 1. The first-order chi connectivity index (χ1) is 9.93. The molecule has 1 amide bonds. The quantitative estimate of drug-likeness (QED) is 0.902. The van der Waals surface area contributed by atoms with E-state index in [0.29, 0.717) is 28.6 Å². The van der Waals surface area contributed by atoms with Gasteiger partial charge in [0.1, 0.15) is 0 Å². The summed E-state index contributed by atoms with van der Waals surface area (Å²) in [5, 5.41) is 9.26. The number of rotatable bonds is 5. The summed E-state index contributed by atoms with van der Waals surface area (Å²) in [7, 11) is 0. The van der Waals surface area contributed by atoms with Gasteiger partial charge >= 0.3 is 5.97 Å². The van der Waals surface area contributed by atoms with Crippen LogP contribution in [-0.2, 0) is 4.79 Å². The van der Waals surface area contributed by atoms with Crippen LogP contribution in [0.5, 0.6) is 11.5 Å². The molecule has 0 aromatic heterocycles. The average molecular weight is 314 g/mol. The van der Waals surface area contributed by atoms with Crippen LogP contribution in [0.3, 0.4) is 0 Å². The maximum Gasteiger partial charge on any atom is 0.308 e. The van der Waals surface area contributed by atoms with Crippen molar-refractivity contribution in [1.29, 1.82) is 0 Å². The molecule has 0 saturated heterocycles. The van der Waals surface area contributed by atoms with E-state index in [-0.39, 0.29) is 19.2 Å². The van der Waals surface area contributed by atoms with Crippen molar-refractivity contribution in [2.24, 2.45) is 5.92 Å². The number of carbonyl (C=O) groups is 2. The number of aliphatic carboxylic acids is 1. The maximum absolute atomic E-state index is 12.5. The van der Waals surface area contributed by atoms with Crippen LogP contribution >= 0.6 is 11.6 Å². The first-order valence-electron chi connectivity index (χ1n) is 6.55. The van der Waals surface area contributed by atoms with Gasteiger partial charge in [0.2, 0.25) is 6.79 Å². The zero-order chi connectivity index (χ0) is 15.6. The van der Waals surface area contributed by atoms with Crippen molar-refractivity contribution in [1.82, 2.24) is 4.90 Å². The number of carboxylic acids is 1. The van der Waals surface area contributed by atoms with Crippen molar-refractivity contribution in [3.63, 3.8) is 0 Å². The number of ether oxygens (including phenoxy) is 2. The van der Waals surface area contributed by atoms with Crippen LogP contribution in [0, 0.1) is 5.92 Å². The lowest BCUT2D eigenvalue weighted by Gasteiger charge is -2.23. The smallest absolute Gasteiger partial charge is 0.308 e. The second-order valence-electron chi connectivity index (χ2n) is 4.77. The molecular weight excluding hydrogens is 298 g/mol. The highest BCUT2D eigenvalue weighted by Crippen LogP contribution is 2.40. The fraction of sp³-hybridized carbons (Fsp3) is 0.429. The fourth-order valence-corrected chi connectivity index (χ4v) is 2.30. The highest BCUT2D eigenvalue weighted by molar-refractivity contribution is 6.32. The Labute approximate surface area is 127 Å². The molecule has 1 aliphatic heterocycles. The number of hydrogen-bond acceptors (Lipinski definition) is 4. The van der Waals surface area contributed by atoms with E-state index < -0.39 is 11.9 Å². The third-order valence-electron chi connectivity index (χ3n) is 3.26. The number of halogens is 1. The lowest BCUT2D eigenvalue weighted by atomic mass is 10.1. The minimum atomic E-state index is -0.940. The van der Waals surface area contributed by atoms with Gasteiger partial charge < -0.3 is 19.5 Å². The predicted molar refractivity (Wildman–Crippen MR) is 76.0 cm³/mol. The Balaban J connectivity index is 2.22. The highest BCUT2D eigenvalue weighted by Gasteiger charge is 2.24. The van der Waals surface area contributed by atoms with E-state index in [2.05, 4.69) is 0 Å². The molecule has 1 heterocycles. The van der Waals surface area contributed by atoms with Crippen LogP contribution in [-0.4, -0.2) is 41.8 Å². The first-order valence-corrected chi connectivity index (χ1v) is 6.93. The minimum Gasteiger partial charge on any atom is -0.481 e. The van der Waals surface area contributed by atoms with Crippen LogP contribution in [0.2, 0.25) is 5.02 Å². The summed E-state index contributed by atoms with van der Waals surface area (Å²) in [6.45, 7) is 3.96. The molecule has 1 atom stereocenters. The van der Waals surface area contributed by atoms with Crippen molar-refractivity contribution in [3.8, 4) is 11.5 Å². The fourth-order valence-electron chi connectivity index (χ4n) is 2.04. The van der Waals surface area contributed by atoms with Gasteiger partial charge in [0.15, 0.2) is 11.5 Å². The zero-order valence-corrected chi connectivity index (χ0v) is 12.5. The number of carboxylic acid groups (broad SMARTS) is 1. The number of nitrogens with zero attached hydrogens (tertiary/aromatic N) is 1. The van der Waals surface area contributed by atoms with Gasteiger partial charge in [-0.1, -0.05) is 18.5 Å². The Kier molecular flexibility index (Phi) is 4.57. The molecular formula is C14H16ClNO5.